The molecule has 2 atom stereocenters. The van der Waals surface area contributed by atoms with Gasteiger partial charge in [0.15, 0.2) is 6.10 Å². The van der Waals surface area contributed by atoms with Gasteiger partial charge in [0.05, 0.1) is 10.6 Å². The SMILES string of the molecule is C[C@H](CCc1ccccc1)NC(=O)[C@H](C)OC(=O)c1ccc(F)cc1Cl. The topological polar surface area (TPSA) is 55.4 Å². The van der Waals surface area contributed by atoms with E-state index < -0.39 is 23.8 Å². The summed E-state index contributed by atoms with van der Waals surface area (Å²) in [5, 5.41) is 2.76. The number of aryl methyl sites for hydroxylation is 1. The Morgan fingerprint density at radius 2 is 1.85 bits per heavy atom. The summed E-state index contributed by atoms with van der Waals surface area (Å²) in [6.07, 6.45) is 0.616. The van der Waals surface area contributed by atoms with E-state index in [-0.39, 0.29) is 16.6 Å². The van der Waals surface area contributed by atoms with E-state index in [4.69, 9.17) is 16.3 Å². The molecule has 0 heterocycles. The number of hydrogen-bond acceptors (Lipinski definition) is 3. The Morgan fingerprint density at radius 1 is 1.15 bits per heavy atom. The third kappa shape index (κ3) is 5.85. The average molecular weight is 378 g/mol. The second-order valence-electron chi connectivity index (χ2n) is 6.11. The zero-order valence-corrected chi connectivity index (χ0v) is 15.4. The molecule has 0 aromatic heterocycles. The minimum Gasteiger partial charge on any atom is -0.449 e. The second-order valence-corrected chi connectivity index (χ2v) is 6.51. The molecule has 6 heteroatoms. The fraction of sp³-hybridized carbons (Fsp3) is 0.300. The lowest BCUT2D eigenvalue weighted by Crippen LogP contribution is -2.41. The molecule has 0 aliphatic carbocycles. The fourth-order valence-corrected chi connectivity index (χ4v) is 2.64. The van der Waals surface area contributed by atoms with E-state index in [0.29, 0.717) is 0 Å². The minimum atomic E-state index is -0.984. The lowest BCUT2D eigenvalue weighted by Gasteiger charge is -2.18. The highest BCUT2D eigenvalue weighted by Crippen LogP contribution is 2.18. The highest BCUT2D eigenvalue weighted by molar-refractivity contribution is 6.33. The van der Waals surface area contributed by atoms with Gasteiger partial charge in [0.2, 0.25) is 0 Å². The van der Waals surface area contributed by atoms with Crippen LogP contribution in [-0.2, 0) is 16.0 Å². The van der Waals surface area contributed by atoms with Crippen molar-refractivity contribution in [1.29, 1.82) is 0 Å². The fourth-order valence-electron chi connectivity index (χ4n) is 2.39. The van der Waals surface area contributed by atoms with Gasteiger partial charge in [-0.05, 0) is 50.5 Å². The molecule has 2 aromatic rings. The molecule has 0 radical (unpaired) electrons. The maximum Gasteiger partial charge on any atom is 0.340 e. The number of hydrogen-bond donors (Lipinski definition) is 1. The Hall–Kier alpha value is -2.40. The zero-order valence-electron chi connectivity index (χ0n) is 14.7. The van der Waals surface area contributed by atoms with Crippen molar-refractivity contribution in [3.8, 4) is 0 Å². The standard InChI is InChI=1S/C20H21ClFNO3/c1-13(8-9-15-6-4-3-5-7-15)23-19(24)14(2)26-20(25)17-11-10-16(22)12-18(17)21/h3-7,10-14H,8-9H2,1-2H3,(H,23,24)/t13-,14+/m1/s1. The van der Waals surface area contributed by atoms with Crippen LogP contribution in [0, 0.1) is 5.82 Å². The number of benzene rings is 2. The average Bonchev–Trinajstić information content (AvgIpc) is 2.60. The number of halogens is 2. The van der Waals surface area contributed by atoms with E-state index in [9.17, 15) is 14.0 Å². The number of carbonyl (C=O) groups is 2. The van der Waals surface area contributed by atoms with Crippen molar-refractivity contribution in [1.82, 2.24) is 5.32 Å². The van der Waals surface area contributed by atoms with Crippen LogP contribution in [0.4, 0.5) is 4.39 Å². The van der Waals surface area contributed by atoms with E-state index in [0.717, 1.165) is 25.0 Å². The molecular weight excluding hydrogens is 357 g/mol. The first kappa shape index (κ1) is 19.9. The van der Waals surface area contributed by atoms with Crippen LogP contribution < -0.4 is 5.32 Å². The number of nitrogens with one attached hydrogen (secondary N) is 1. The van der Waals surface area contributed by atoms with Gasteiger partial charge >= 0.3 is 5.97 Å². The molecule has 0 saturated heterocycles. The van der Waals surface area contributed by atoms with Gasteiger partial charge < -0.3 is 10.1 Å². The van der Waals surface area contributed by atoms with E-state index >= 15 is 0 Å². The van der Waals surface area contributed by atoms with E-state index in [1.54, 1.807) is 0 Å². The van der Waals surface area contributed by atoms with Gasteiger partial charge in [-0.2, -0.15) is 0 Å². The van der Waals surface area contributed by atoms with Crippen molar-refractivity contribution in [2.24, 2.45) is 0 Å². The molecule has 0 aliphatic heterocycles. The van der Waals surface area contributed by atoms with Crippen molar-refractivity contribution in [3.63, 3.8) is 0 Å². The predicted octanol–water partition coefficient (Wildman–Crippen LogP) is 4.16. The minimum absolute atomic E-state index is 0.0184. The Kier molecular flexibility index (Phi) is 7.16. The number of ether oxygens (including phenoxy) is 1. The largest absolute Gasteiger partial charge is 0.449 e. The molecule has 0 unspecified atom stereocenters. The van der Waals surface area contributed by atoms with Crippen molar-refractivity contribution in [2.45, 2.75) is 38.8 Å². The summed E-state index contributed by atoms with van der Waals surface area (Å²) in [5.41, 5.74) is 1.21. The maximum absolute atomic E-state index is 13.0. The molecule has 0 bridgehead atoms. The van der Waals surface area contributed by atoms with Crippen LogP contribution >= 0.6 is 11.6 Å². The molecule has 4 nitrogen and oxygen atoms in total. The molecule has 2 aromatic carbocycles. The Morgan fingerprint density at radius 3 is 2.50 bits per heavy atom. The summed E-state index contributed by atoms with van der Waals surface area (Å²) in [6.45, 7) is 3.38. The summed E-state index contributed by atoms with van der Waals surface area (Å²) < 4.78 is 18.2. The smallest absolute Gasteiger partial charge is 0.340 e. The van der Waals surface area contributed by atoms with Crippen LogP contribution in [0.15, 0.2) is 48.5 Å². The summed E-state index contributed by atoms with van der Waals surface area (Å²) in [5.74, 6) is -1.71. The highest BCUT2D eigenvalue weighted by atomic mass is 35.5. The van der Waals surface area contributed by atoms with Gasteiger partial charge in [0.25, 0.3) is 5.91 Å². The predicted molar refractivity (Wildman–Crippen MR) is 98.7 cm³/mol. The third-order valence-corrected chi connectivity index (χ3v) is 4.21. The first-order valence-electron chi connectivity index (χ1n) is 8.37. The first-order chi connectivity index (χ1) is 12.4. The molecule has 26 heavy (non-hydrogen) atoms. The zero-order chi connectivity index (χ0) is 19.1. The van der Waals surface area contributed by atoms with Gasteiger partial charge in [0, 0.05) is 6.04 Å². The quantitative estimate of drug-likeness (QED) is 0.737. The Labute approximate surface area is 157 Å². The number of amides is 1. The Bertz CT molecular complexity index is 767. The van der Waals surface area contributed by atoms with Crippen LogP contribution in [0.25, 0.3) is 0 Å². The summed E-state index contributed by atoms with van der Waals surface area (Å²) >= 11 is 5.83. The van der Waals surface area contributed by atoms with Gasteiger partial charge in [-0.1, -0.05) is 41.9 Å². The van der Waals surface area contributed by atoms with E-state index in [2.05, 4.69) is 5.32 Å². The molecule has 0 aliphatic rings. The lowest BCUT2D eigenvalue weighted by molar-refractivity contribution is -0.129. The van der Waals surface area contributed by atoms with Crippen molar-refractivity contribution in [3.05, 3.63) is 70.5 Å². The van der Waals surface area contributed by atoms with Crippen LogP contribution in [0.3, 0.4) is 0 Å². The lowest BCUT2D eigenvalue weighted by atomic mass is 10.1. The van der Waals surface area contributed by atoms with Crippen LogP contribution in [0.5, 0.6) is 0 Å². The number of carbonyl (C=O) groups excluding carboxylic acids is 2. The Balaban J connectivity index is 1.83. The highest BCUT2D eigenvalue weighted by Gasteiger charge is 2.21. The number of rotatable bonds is 7. The third-order valence-electron chi connectivity index (χ3n) is 3.90. The molecule has 1 amide bonds. The normalized spacial score (nSPS) is 12.9. The molecule has 0 saturated carbocycles. The van der Waals surface area contributed by atoms with E-state index in [1.807, 2.05) is 37.3 Å². The summed E-state index contributed by atoms with van der Waals surface area (Å²) in [6, 6.07) is 13.3. The van der Waals surface area contributed by atoms with Crippen molar-refractivity contribution >= 4 is 23.5 Å². The van der Waals surface area contributed by atoms with E-state index in [1.165, 1.54) is 18.6 Å². The monoisotopic (exact) mass is 377 g/mol. The van der Waals surface area contributed by atoms with Crippen molar-refractivity contribution in [2.75, 3.05) is 0 Å². The summed E-state index contributed by atoms with van der Waals surface area (Å²) in [4.78, 5) is 24.3. The number of esters is 1. The maximum atomic E-state index is 13.0. The van der Waals surface area contributed by atoms with Crippen molar-refractivity contribution < 1.29 is 18.7 Å². The molecule has 0 spiro atoms. The van der Waals surface area contributed by atoms with Gasteiger partial charge in [-0.3, -0.25) is 4.79 Å². The second kappa shape index (κ2) is 9.34. The molecule has 138 valence electrons. The molecule has 2 rings (SSSR count). The van der Waals surface area contributed by atoms with Crippen LogP contribution in [0.2, 0.25) is 5.02 Å². The van der Waals surface area contributed by atoms with Gasteiger partial charge in [0.1, 0.15) is 5.82 Å². The van der Waals surface area contributed by atoms with Crippen LogP contribution in [-0.4, -0.2) is 24.0 Å². The molecule has 1 N–H and O–H groups in total. The molecule has 0 fully saturated rings. The van der Waals surface area contributed by atoms with Crippen LogP contribution in [0.1, 0.15) is 36.2 Å². The summed E-state index contributed by atoms with van der Waals surface area (Å²) in [7, 11) is 0. The van der Waals surface area contributed by atoms with Gasteiger partial charge in [-0.15, -0.1) is 0 Å². The first-order valence-corrected chi connectivity index (χ1v) is 8.75. The molecular formula is C20H21ClFNO3. The van der Waals surface area contributed by atoms with Gasteiger partial charge in [-0.25, -0.2) is 9.18 Å².